The summed E-state index contributed by atoms with van der Waals surface area (Å²) < 4.78 is 1.25. The molecule has 0 fully saturated rings. The summed E-state index contributed by atoms with van der Waals surface area (Å²) in [5.41, 5.74) is 4.02. The molecular formula is C8H10INO. The van der Waals surface area contributed by atoms with Crippen molar-refractivity contribution < 1.29 is 4.84 Å². The predicted octanol–water partition coefficient (Wildman–Crippen LogP) is 1.94. The lowest BCUT2D eigenvalue weighted by Gasteiger charge is -2.01. The van der Waals surface area contributed by atoms with E-state index >= 15 is 0 Å². The zero-order chi connectivity index (χ0) is 8.10. The zero-order valence-corrected chi connectivity index (χ0v) is 8.46. The molecule has 0 atom stereocenters. The summed E-state index contributed by atoms with van der Waals surface area (Å²) in [7, 11) is 1.62. The van der Waals surface area contributed by atoms with Crippen LogP contribution in [-0.2, 0) is 11.4 Å². The van der Waals surface area contributed by atoms with Gasteiger partial charge in [-0.1, -0.05) is 12.1 Å². The van der Waals surface area contributed by atoms with Crippen LogP contribution in [0.15, 0.2) is 24.3 Å². The lowest BCUT2D eigenvalue weighted by Crippen LogP contribution is -2.10. The highest BCUT2D eigenvalue weighted by atomic mass is 127. The molecule has 1 aromatic carbocycles. The second kappa shape index (κ2) is 4.69. The van der Waals surface area contributed by atoms with Crippen molar-refractivity contribution in [2.75, 3.05) is 7.11 Å². The lowest BCUT2D eigenvalue weighted by molar-refractivity contribution is 0.0867. The van der Waals surface area contributed by atoms with Crippen LogP contribution >= 0.6 is 22.6 Å². The zero-order valence-electron chi connectivity index (χ0n) is 6.30. The quantitative estimate of drug-likeness (QED) is 0.664. The Bertz CT molecular complexity index is 227. The van der Waals surface area contributed by atoms with Crippen LogP contribution in [0.5, 0.6) is 0 Å². The van der Waals surface area contributed by atoms with Crippen molar-refractivity contribution in [3.8, 4) is 0 Å². The SMILES string of the molecule is CONCc1cccc(I)c1. The highest BCUT2D eigenvalue weighted by Crippen LogP contribution is 2.06. The maximum atomic E-state index is 4.73. The first-order valence-electron chi connectivity index (χ1n) is 3.33. The molecule has 0 unspecified atom stereocenters. The highest BCUT2D eigenvalue weighted by Gasteiger charge is 1.91. The average Bonchev–Trinajstić information content (AvgIpc) is 2.01. The van der Waals surface area contributed by atoms with Crippen LogP contribution in [0.25, 0.3) is 0 Å². The Labute approximate surface area is 80.0 Å². The van der Waals surface area contributed by atoms with E-state index in [1.165, 1.54) is 9.13 Å². The van der Waals surface area contributed by atoms with Gasteiger partial charge in [0.1, 0.15) is 0 Å². The molecule has 60 valence electrons. The fraction of sp³-hybridized carbons (Fsp3) is 0.250. The van der Waals surface area contributed by atoms with Crippen LogP contribution in [0.3, 0.4) is 0 Å². The molecule has 0 aliphatic heterocycles. The minimum absolute atomic E-state index is 0.757. The van der Waals surface area contributed by atoms with Crippen molar-refractivity contribution in [3.63, 3.8) is 0 Å². The van der Waals surface area contributed by atoms with Gasteiger partial charge in [-0.15, -0.1) is 0 Å². The number of halogens is 1. The molecule has 0 saturated heterocycles. The van der Waals surface area contributed by atoms with Crippen molar-refractivity contribution in [1.29, 1.82) is 0 Å². The Kier molecular flexibility index (Phi) is 3.82. The van der Waals surface area contributed by atoms with E-state index in [4.69, 9.17) is 4.84 Å². The Hall–Kier alpha value is -0.130. The van der Waals surface area contributed by atoms with Crippen molar-refractivity contribution in [3.05, 3.63) is 33.4 Å². The fourth-order valence-corrected chi connectivity index (χ4v) is 1.41. The van der Waals surface area contributed by atoms with Gasteiger partial charge in [-0.2, -0.15) is 5.48 Å². The lowest BCUT2D eigenvalue weighted by atomic mass is 10.2. The van der Waals surface area contributed by atoms with Gasteiger partial charge in [0.2, 0.25) is 0 Å². The van der Waals surface area contributed by atoms with Gasteiger partial charge < -0.3 is 4.84 Å². The highest BCUT2D eigenvalue weighted by molar-refractivity contribution is 14.1. The molecule has 2 nitrogen and oxygen atoms in total. The largest absolute Gasteiger partial charge is 0.305 e. The molecule has 0 aliphatic carbocycles. The van der Waals surface area contributed by atoms with Crippen LogP contribution in [0.2, 0.25) is 0 Å². The van der Waals surface area contributed by atoms with Gasteiger partial charge in [0.05, 0.1) is 7.11 Å². The third-order valence-electron chi connectivity index (χ3n) is 1.31. The van der Waals surface area contributed by atoms with Crippen LogP contribution in [0.4, 0.5) is 0 Å². The number of rotatable bonds is 3. The van der Waals surface area contributed by atoms with Gasteiger partial charge in [0.15, 0.2) is 0 Å². The summed E-state index contributed by atoms with van der Waals surface area (Å²) >= 11 is 2.29. The smallest absolute Gasteiger partial charge is 0.0572 e. The molecule has 0 aliphatic rings. The fourth-order valence-electron chi connectivity index (χ4n) is 0.802. The minimum atomic E-state index is 0.757. The molecule has 11 heavy (non-hydrogen) atoms. The van der Waals surface area contributed by atoms with Crippen LogP contribution in [0.1, 0.15) is 5.56 Å². The Morgan fingerprint density at radius 1 is 1.55 bits per heavy atom. The number of hydrogen-bond acceptors (Lipinski definition) is 2. The van der Waals surface area contributed by atoms with E-state index in [-0.39, 0.29) is 0 Å². The Morgan fingerprint density at radius 3 is 3.00 bits per heavy atom. The molecule has 0 amide bonds. The third kappa shape index (κ3) is 3.18. The molecule has 3 heteroatoms. The summed E-state index contributed by atoms with van der Waals surface area (Å²) in [4.78, 5) is 4.73. The molecule has 1 rings (SSSR count). The number of benzene rings is 1. The topological polar surface area (TPSA) is 21.3 Å². The number of hydrogen-bond donors (Lipinski definition) is 1. The number of hydroxylamine groups is 1. The molecular weight excluding hydrogens is 253 g/mol. The molecule has 1 aromatic rings. The van der Waals surface area contributed by atoms with E-state index < -0.39 is 0 Å². The molecule has 0 spiro atoms. The van der Waals surface area contributed by atoms with Gasteiger partial charge in [-0.3, -0.25) is 0 Å². The Balaban J connectivity index is 2.56. The van der Waals surface area contributed by atoms with Gasteiger partial charge in [0, 0.05) is 10.1 Å². The maximum absolute atomic E-state index is 4.73. The molecule has 0 heterocycles. The van der Waals surface area contributed by atoms with E-state index in [1.807, 2.05) is 6.07 Å². The van der Waals surface area contributed by atoms with Crippen molar-refractivity contribution in [2.24, 2.45) is 0 Å². The average molecular weight is 263 g/mol. The summed E-state index contributed by atoms with van der Waals surface area (Å²) in [5, 5.41) is 0. The molecule has 0 radical (unpaired) electrons. The predicted molar refractivity (Wildman–Crippen MR) is 53.0 cm³/mol. The summed E-state index contributed by atoms with van der Waals surface area (Å²) in [6, 6.07) is 8.28. The summed E-state index contributed by atoms with van der Waals surface area (Å²) in [6.45, 7) is 0.757. The summed E-state index contributed by atoms with van der Waals surface area (Å²) in [5.74, 6) is 0. The van der Waals surface area contributed by atoms with Crippen LogP contribution < -0.4 is 5.48 Å². The molecule has 0 saturated carbocycles. The van der Waals surface area contributed by atoms with Crippen LogP contribution in [-0.4, -0.2) is 7.11 Å². The van der Waals surface area contributed by atoms with Gasteiger partial charge >= 0.3 is 0 Å². The normalized spacial score (nSPS) is 10.0. The first-order valence-corrected chi connectivity index (χ1v) is 4.41. The van der Waals surface area contributed by atoms with Gasteiger partial charge in [0.25, 0.3) is 0 Å². The van der Waals surface area contributed by atoms with Crippen molar-refractivity contribution in [1.82, 2.24) is 5.48 Å². The van der Waals surface area contributed by atoms with E-state index in [0.29, 0.717) is 0 Å². The first kappa shape index (κ1) is 8.96. The molecule has 0 aromatic heterocycles. The summed E-state index contributed by atoms with van der Waals surface area (Å²) in [6.07, 6.45) is 0. The minimum Gasteiger partial charge on any atom is -0.305 e. The van der Waals surface area contributed by atoms with Gasteiger partial charge in [-0.05, 0) is 40.3 Å². The standard InChI is InChI=1S/C8H10INO/c1-11-10-6-7-3-2-4-8(9)5-7/h2-5,10H,6H2,1H3. The van der Waals surface area contributed by atoms with E-state index in [9.17, 15) is 0 Å². The van der Waals surface area contributed by atoms with E-state index in [2.05, 4.69) is 46.3 Å². The third-order valence-corrected chi connectivity index (χ3v) is 1.98. The monoisotopic (exact) mass is 263 g/mol. The van der Waals surface area contributed by atoms with E-state index in [0.717, 1.165) is 6.54 Å². The van der Waals surface area contributed by atoms with Crippen LogP contribution in [0, 0.1) is 3.57 Å². The first-order chi connectivity index (χ1) is 5.33. The molecule has 1 N–H and O–H groups in total. The van der Waals surface area contributed by atoms with Crippen molar-refractivity contribution in [2.45, 2.75) is 6.54 Å². The van der Waals surface area contributed by atoms with E-state index in [1.54, 1.807) is 7.11 Å². The Morgan fingerprint density at radius 2 is 2.36 bits per heavy atom. The second-order valence-corrected chi connectivity index (χ2v) is 3.40. The maximum Gasteiger partial charge on any atom is 0.0572 e. The van der Waals surface area contributed by atoms with Gasteiger partial charge in [-0.25, -0.2) is 0 Å². The number of nitrogens with one attached hydrogen (secondary N) is 1. The molecule has 0 bridgehead atoms. The second-order valence-electron chi connectivity index (χ2n) is 2.16. The van der Waals surface area contributed by atoms with Crippen molar-refractivity contribution >= 4 is 22.6 Å².